The number of hydrogen-bond acceptors (Lipinski definition) is 2. The van der Waals surface area contributed by atoms with E-state index in [1.165, 1.54) is 19.3 Å². The monoisotopic (exact) mass is 255 g/mol. The maximum Gasteiger partial charge on any atom is 0.387 e. The molecule has 1 unspecified atom stereocenters. The van der Waals surface area contributed by atoms with Gasteiger partial charge in [0.05, 0.1) is 0 Å². The van der Waals surface area contributed by atoms with Crippen molar-refractivity contribution in [1.82, 2.24) is 0 Å². The second kappa shape index (κ2) is 6.14. The Balaban J connectivity index is 1.99. The Morgan fingerprint density at radius 3 is 2.22 bits per heavy atom. The van der Waals surface area contributed by atoms with Crippen LogP contribution in [0.1, 0.15) is 43.7 Å². The molecule has 18 heavy (non-hydrogen) atoms. The average molecular weight is 255 g/mol. The van der Waals surface area contributed by atoms with Gasteiger partial charge >= 0.3 is 6.61 Å². The summed E-state index contributed by atoms with van der Waals surface area (Å²) < 4.78 is 28.4. The van der Waals surface area contributed by atoms with Crippen LogP contribution < -0.4 is 10.5 Å². The molecule has 1 fully saturated rings. The summed E-state index contributed by atoms with van der Waals surface area (Å²) in [4.78, 5) is 0. The van der Waals surface area contributed by atoms with Gasteiger partial charge in [-0.2, -0.15) is 8.78 Å². The van der Waals surface area contributed by atoms with Crippen molar-refractivity contribution >= 4 is 0 Å². The molecular weight excluding hydrogens is 236 g/mol. The van der Waals surface area contributed by atoms with Gasteiger partial charge in [0.1, 0.15) is 5.75 Å². The van der Waals surface area contributed by atoms with E-state index >= 15 is 0 Å². The molecule has 1 aromatic rings. The standard InChI is InChI=1S/C14H19F2NO/c15-14(16)18-12-8-6-11(7-9-12)13(17)10-4-2-1-3-5-10/h6-10,13-14H,1-5,17H2. The topological polar surface area (TPSA) is 35.2 Å². The quantitative estimate of drug-likeness (QED) is 0.886. The molecule has 0 bridgehead atoms. The molecule has 0 aromatic heterocycles. The number of nitrogens with two attached hydrogens (primary N) is 1. The number of alkyl halides is 2. The van der Waals surface area contributed by atoms with Crippen LogP contribution in [0.25, 0.3) is 0 Å². The highest BCUT2D eigenvalue weighted by Gasteiger charge is 2.21. The van der Waals surface area contributed by atoms with Crippen molar-refractivity contribution in [1.29, 1.82) is 0 Å². The van der Waals surface area contributed by atoms with Gasteiger partial charge in [-0.3, -0.25) is 0 Å². The lowest BCUT2D eigenvalue weighted by atomic mass is 9.81. The highest BCUT2D eigenvalue weighted by Crippen LogP contribution is 2.33. The third-order valence-corrected chi connectivity index (χ3v) is 3.65. The number of rotatable bonds is 4. The molecule has 2 nitrogen and oxygen atoms in total. The zero-order valence-corrected chi connectivity index (χ0v) is 10.3. The Morgan fingerprint density at radius 1 is 1.06 bits per heavy atom. The molecule has 0 spiro atoms. The molecule has 4 heteroatoms. The van der Waals surface area contributed by atoms with Crippen molar-refractivity contribution in [2.45, 2.75) is 44.8 Å². The molecule has 1 aliphatic carbocycles. The summed E-state index contributed by atoms with van der Waals surface area (Å²) >= 11 is 0. The van der Waals surface area contributed by atoms with E-state index in [2.05, 4.69) is 4.74 Å². The smallest absolute Gasteiger partial charge is 0.387 e. The Labute approximate surface area is 106 Å². The van der Waals surface area contributed by atoms with Crippen LogP contribution in [-0.2, 0) is 0 Å². The van der Waals surface area contributed by atoms with Crippen LogP contribution >= 0.6 is 0 Å². The fourth-order valence-electron chi connectivity index (χ4n) is 2.64. The minimum absolute atomic E-state index is 0.00546. The SMILES string of the molecule is NC(c1ccc(OC(F)F)cc1)C1CCCCC1. The van der Waals surface area contributed by atoms with Crippen molar-refractivity contribution in [3.8, 4) is 5.75 Å². The van der Waals surface area contributed by atoms with Gasteiger partial charge in [0.15, 0.2) is 0 Å². The van der Waals surface area contributed by atoms with E-state index in [1.807, 2.05) is 0 Å². The van der Waals surface area contributed by atoms with Crippen molar-refractivity contribution in [3.05, 3.63) is 29.8 Å². The van der Waals surface area contributed by atoms with Crippen molar-refractivity contribution in [2.24, 2.45) is 11.7 Å². The summed E-state index contributed by atoms with van der Waals surface area (Å²) in [6.45, 7) is -2.78. The Hall–Kier alpha value is -1.16. The summed E-state index contributed by atoms with van der Waals surface area (Å²) in [5.74, 6) is 0.699. The summed E-state index contributed by atoms with van der Waals surface area (Å²) in [6.07, 6.45) is 6.10. The van der Waals surface area contributed by atoms with Gasteiger partial charge in [0, 0.05) is 6.04 Å². The predicted molar refractivity (Wildman–Crippen MR) is 66.6 cm³/mol. The van der Waals surface area contributed by atoms with Crippen LogP contribution in [0.4, 0.5) is 8.78 Å². The maximum absolute atomic E-state index is 12.0. The summed E-state index contributed by atoms with van der Waals surface area (Å²) in [5.41, 5.74) is 7.24. The fourth-order valence-corrected chi connectivity index (χ4v) is 2.64. The first-order valence-corrected chi connectivity index (χ1v) is 6.47. The maximum atomic E-state index is 12.0. The summed E-state index contributed by atoms with van der Waals surface area (Å²) in [7, 11) is 0. The molecule has 0 radical (unpaired) electrons. The molecule has 0 aliphatic heterocycles. The fraction of sp³-hybridized carbons (Fsp3) is 0.571. The third-order valence-electron chi connectivity index (χ3n) is 3.65. The Kier molecular flexibility index (Phi) is 4.53. The molecule has 1 aliphatic rings. The van der Waals surface area contributed by atoms with Gasteiger partial charge in [0.2, 0.25) is 0 Å². The molecular formula is C14H19F2NO. The first-order chi connectivity index (χ1) is 8.66. The van der Waals surface area contributed by atoms with Crippen LogP contribution in [0, 0.1) is 5.92 Å². The minimum Gasteiger partial charge on any atom is -0.435 e. The molecule has 1 atom stereocenters. The first kappa shape index (κ1) is 13.3. The van der Waals surface area contributed by atoms with Gasteiger partial charge in [0.25, 0.3) is 0 Å². The normalized spacial score (nSPS) is 18.9. The molecule has 0 amide bonds. The van der Waals surface area contributed by atoms with Crippen molar-refractivity contribution < 1.29 is 13.5 Å². The Morgan fingerprint density at radius 2 is 1.67 bits per heavy atom. The minimum atomic E-state index is -2.78. The molecule has 2 rings (SSSR count). The predicted octanol–water partition coefficient (Wildman–Crippen LogP) is 3.87. The molecule has 100 valence electrons. The number of ether oxygens (including phenoxy) is 1. The number of hydrogen-bond donors (Lipinski definition) is 1. The first-order valence-electron chi connectivity index (χ1n) is 6.47. The lowest BCUT2D eigenvalue weighted by Gasteiger charge is -2.27. The van der Waals surface area contributed by atoms with Gasteiger partial charge in [-0.15, -0.1) is 0 Å². The number of benzene rings is 1. The van der Waals surface area contributed by atoms with Gasteiger partial charge < -0.3 is 10.5 Å². The van der Waals surface area contributed by atoms with Crippen LogP contribution in [0.15, 0.2) is 24.3 Å². The second-order valence-electron chi connectivity index (χ2n) is 4.87. The van der Waals surface area contributed by atoms with Crippen LogP contribution in [0.2, 0.25) is 0 Å². The van der Waals surface area contributed by atoms with E-state index in [0.29, 0.717) is 5.92 Å². The zero-order valence-electron chi connectivity index (χ0n) is 10.3. The molecule has 0 heterocycles. The van der Waals surface area contributed by atoms with Crippen LogP contribution in [0.3, 0.4) is 0 Å². The van der Waals surface area contributed by atoms with Crippen LogP contribution in [0.5, 0.6) is 5.75 Å². The van der Waals surface area contributed by atoms with E-state index in [1.54, 1.807) is 24.3 Å². The van der Waals surface area contributed by atoms with Gasteiger partial charge in [-0.1, -0.05) is 31.4 Å². The highest BCUT2D eigenvalue weighted by molar-refractivity contribution is 5.29. The molecule has 2 N–H and O–H groups in total. The second-order valence-corrected chi connectivity index (χ2v) is 4.87. The lowest BCUT2D eigenvalue weighted by molar-refractivity contribution is -0.0498. The largest absolute Gasteiger partial charge is 0.435 e. The summed E-state index contributed by atoms with van der Waals surface area (Å²) in [6, 6.07) is 6.70. The molecule has 1 saturated carbocycles. The third kappa shape index (κ3) is 3.42. The molecule has 0 saturated heterocycles. The van der Waals surface area contributed by atoms with E-state index in [9.17, 15) is 8.78 Å². The number of halogens is 2. The van der Waals surface area contributed by atoms with Crippen molar-refractivity contribution in [2.75, 3.05) is 0 Å². The highest BCUT2D eigenvalue weighted by atomic mass is 19.3. The zero-order chi connectivity index (χ0) is 13.0. The van der Waals surface area contributed by atoms with Crippen molar-refractivity contribution in [3.63, 3.8) is 0 Å². The van der Waals surface area contributed by atoms with E-state index < -0.39 is 6.61 Å². The Bertz CT molecular complexity index is 361. The van der Waals surface area contributed by atoms with Gasteiger partial charge in [-0.25, -0.2) is 0 Å². The van der Waals surface area contributed by atoms with E-state index in [4.69, 9.17) is 5.73 Å². The average Bonchev–Trinajstić information content (AvgIpc) is 2.39. The van der Waals surface area contributed by atoms with Gasteiger partial charge in [-0.05, 0) is 36.5 Å². The summed E-state index contributed by atoms with van der Waals surface area (Å²) in [5, 5.41) is 0. The van der Waals surface area contributed by atoms with E-state index in [0.717, 1.165) is 18.4 Å². The molecule has 1 aromatic carbocycles. The van der Waals surface area contributed by atoms with Crippen LogP contribution in [-0.4, -0.2) is 6.61 Å². The lowest BCUT2D eigenvalue weighted by Crippen LogP contribution is -2.23. The van der Waals surface area contributed by atoms with E-state index in [-0.39, 0.29) is 11.8 Å².